The molecule has 0 fully saturated rings. The molecule has 0 spiro atoms. The predicted octanol–water partition coefficient (Wildman–Crippen LogP) is 3.94. The molecule has 0 aliphatic rings. The van der Waals surface area contributed by atoms with Crippen LogP contribution in [0.3, 0.4) is 0 Å². The Morgan fingerprint density at radius 1 is 0.969 bits per heavy atom. The summed E-state index contributed by atoms with van der Waals surface area (Å²) >= 11 is 0. The minimum atomic E-state index is -0.692. The molecule has 0 aliphatic heterocycles. The molecule has 0 aliphatic carbocycles. The Kier molecular flexibility index (Phi) is 7.91. The second-order valence-corrected chi connectivity index (χ2v) is 7.65. The van der Waals surface area contributed by atoms with Gasteiger partial charge in [0, 0.05) is 6.54 Å². The van der Waals surface area contributed by atoms with Gasteiger partial charge in [-0.1, -0.05) is 50.2 Å². The van der Waals surface area contributed by atoms with Gasteiger partial charge in [-0.05, 0) is 41.3 Å². The maximum Gasteiger partial charge on any atom is 0.287 e. The molecule has 32 heavy (non-hydrogen) atoms. The highest BCUT2D eigenvalue weighted by molar-refractivity contribution is 5.95. The quantitative estimate of drug-likeness (QED) is 0.503. The number of benzene rings is 2. The molecule has 7 nitrogen and oxygen atoms in total. The first kappa shape index (κ1) is 22.9. The van der Waals surface area contributed by atoms with Gasteiger partial charge in [0.2, 0.25) is 5.91 Å². The third-order valence-electron chi connectivity index (χ3n) is 4.91. The van der Waals surface area contributed by atoms with Gasteiger partial charge in [0.25, 0.3) is 5.91 Å². The third-order valence-corrected chi connectivity index (χ3v) is 4.91. The van der Waals surface area contributed by atoms with Crippen molar-refractivity contribution in [2.45, 2.75) is 33.0 Å². The number of carbonyl (C=O) groups is 2. The van der Waals surface area contributed by atoms with Crippen LogP contribution < -0.4 is 20.1 Å². The standard InChI is InChI=1S/C25H28N2O5/c1-17(2)23(27-24(28)21-10-7-13-31-21)25(29)26-15-19-11-12-20(22(14-19)30-3)32-16-18-8-5-4-6-9-18/h4-14,17,23H,15-16H2,1-3H3,(H,26,29)(H,27,28). The zero-order valence-corrected chi connectivity index (χ0v) is 18.5. The van der Waals surface area contributed by atoms with E-state index in [0.717, 1.165) is 11.1 Å². The Bertz CT molecular complexity index is 1020. The molecule has 0 saturated heterocycles. The van der Waals surface area contributed by atoms with Crippen LogP contribution in [0.15, 0.2) is 71.3 Å². The van der Waals surface area contributed by atoms with Crippen LogP contribution in [0.25, 0.3) is 0 Å². The van der Waals surface area contributed by atoms with Crippen molar-refractivity contribution in [2.24, 2.45) is 5.92 Å². The van der Waals surface area contributed by atoms with Crippen molar-refractivity contribution >= 4 is 11.8 Å². The summed E-state index contributed by atoms with van der Waals surface area (Å²) in [6.07, 6.45) is 1.42. The van der Waals surface area contributed by atoms with Gasteiger partial charge in [0.1, 0.15) is 12.6 Å². The van der Waals surface area contributed by atoms with Crippen LogP contribution in [-0.2, 0) is 17.9 Å². The molecule has 2 amide bonds. The SMILES string of the molecule is COc1cc(CNC(=O)C(NC(=O)c2ccco2)C(C)C)ccc1OCc1ccccc1. The van der Waals surface area contributed by atoms with Gasteiger partial charge in [-0.2, -0.15) is 0 Å². The zero-order chi connectivity index (χ0) is 22.9. The smallest absolute Gasteiger partial charge is 0.287 e. The summed E-state index contributed by atoms with van der Waals surface area (Å²) in [6, 6.07) is 17.9. The molecule has 1 unspecified atom stereocenters. The van der Waals surface area contributed by atoms with Gasteiger partial charge in [0.05, 0.1) is 13.4 Å². The van der Waals surface area contributed by atoms with Gasteiger partial charge in [-0.15, -0.1) is 0 Å². The second-order valence-electron chi connectivity index (χ2n) is 7.65. The number of furan rings is 1. The summed E-state index contributed by atoms with van der Waals surface area (Å²) in [5.74, 6) is 0.571. The summed E-state index contributed by atoms with van der Waals surface area (Å²) in [7, 11) is 1.58. The maximum atomic E-state index is 12.7. The Morgan fingerprint density at radius 2 is 1.75 bits per heavy atom. The molecule has 7 heteroatoms. The van der Waals surface area contributed by atoms with E-state index in [2.05, 4.69) is 10.6 Å². The average molecular weight is 437 g/mol. The van der Waals surface area contributed by atoms with Crippen LogP contribution in [0.4, 0.5) is 0 Å². The lowest BCUT2D eigenvalue weighted by Crippen LogP contribution is -2.49. The Hall–Kier alpha value is -3.74. The van der Waals surface area contributed by atoms with E-state index in [-0.39, 0.29) is 24.1 Å². The van der Waals surface area contributed by atoms with Gasteiger partial charge in [0.15, 0.2) is 17.3 Å². The Morgan fingerprint density at radius 3 is 2.41 bits per heavy atom. The highest BCUT2D eigenvalue weighted by atomic mass is 16.5. The minimum absolute atomic E-state index is 0.0998. The fourth-order valence-corrected chi connectivity index (χ4v) is 3.13. The van der Waals surface area contributed by atoms with Crippen LogP contribution in [0.5, 0.6) is 11.5 Å². The fraction of sp³-hybridized carbons (Fsp3) is 0.280. The lowest BCUT2D eigenvalue weighted by atomic mass is 10.0. The number of methoxy groups -OCH3 is 1. The van der Waals surface area contributed by atoms with E-state index in [1.165, 1.54) is 6.26 Å². The normalized spacial score (nSPS) is 11.6. The van der Waals surface area contributed by atoms with Crippen LogP contribution in [0, 0.1) is 5.92 Å². The van der Waals surface area contributed by atoms with E-state index in [1.807, 2.05) is 62.4 Å². The number of amides is 2. The topological polar surface area (TPSA) is 89.8 Å². The van der Waals surface area contributed by atoms with E-state index >= 15 is 0 Å². The molecule has 1 atom stereocenters. The molecule has 1 aromatic heterocycles. The van der Waals surface area contributed by atoms with Crippen LogP contribution >= 0.6 is 0 Å². The van der Waals surface area contributed by atoms with Gasteiger partial charge < -0.3 is 24.5 Å². The van der Waals surface area contributed by atoms with Crippen LogP contribution in [-0.4, -0.2) is 25.0 Å². The molecule has 1 heterocycles. The van der Waals surface area contributed by atoms with E-state index in [0.29, 0.717) is 18.1 Å². The lowest BCUT2D eigenvalue weighted by Gasteiger charge is -2.21. The van der Waals surface area contributed by atoms with E-state index < -0.39 is 11.9 Å². The maximum absolute atomic E-state index is 12.7. The Labute approximate surface area is 187 Å². The van der Waals surface area contributed by atoms with Gasteiger partial charge >= 0.3 is 0 Å². The first-order valence-corrected chi connectivity index (χ1v) is 10.4. The van der Waals surface area contributed by atoms with Crippen molar-refractivity contribution in [3.63, 3.8) is 0 Å². The molecule has 0 saturated carbocycles. The summed E-state index contributed by atoms with van der Waals surface area (Å²) < 4.78 is 16.4. The molecule has 3 aromatic rings. The molecule has 168 valence electrons. The summed E-state index contributed by atoms with van der Waals surface area (Å²) in [6.45, 7) is 4.45. The van der Waals surface area contributed by atoms with E-state index in [4.69, 9.17) is 13.9 Å². The number of rotatable bonds is 10. The number of hydrogen-bond acceptors (Lipinski definition) is 5. The zero-order valence-electron chi connectivity index (χ0n) is 18.5. The van der Waals surface area contributed by atoms with Crippen molar-refractivity contribution < 1.29 is 23.5 Å². The molecule has 0 radical (unpaired) electrons. The first-order valence-electron chi connectivity index (χ1n) is 10.4. The summed E-state index contributed by atoms with van der Waals surface area (Å²) in [4.78, 5) is 25.0. The number of ether oxygens (including phenoxy) is 2. The fourth-order valence-electron chi connectivity index (χ4n) is 3.13. The Balaban J connectivity index is 1.59. The van der Waals surface area contributed by atoms with Crippen molar-refractivity contribution in [1.82, 2.24) is 10.6 Å². The first-order chi connectivity index (χ1) is 15.5. The lowest BCUT2D eigenvalue weighted by molar-refractivity contribution is -0.124. The highest BCUT2D eigenvalue weighted by Gasteiger charge is 2.25. The number of nitrogens with one attached hydrogen (secondary N) is 2. The van der Waals surface area contributed by atoms with E-state index in [1.54, 1.807) is 19.2 Å². The van der Waals surface area contributed by atoms with Crippen molar-refractivity contribution in [2.75, 3.05) is 7.11 Å². The van der Waals surface area contributed by atoms with Crippen molar-refractivity contribution in [3.8, 4) is 11.5 Å². The molecule has 2 aromatic carbocycles. The number of carbonyl (C=O) groups excluding carboxylic acids is 2. The van der Waals surface area contributed by atoms with E-state index in [9.17, 15) is 9.59 Å². The molecule has 0 bridgehead atoms. The third kappa shape index (κ3) is 6.14. The predicted molar refractivity (Wildman–Crippen MR) is 120 cm³/mol. The van der Waals surface area contributed by atoms with Crippen LogP contribution in [0.1, 0.15) is 35.5 Å². The molecule has 2 N–H and O–H groups in total. The van der Waals surface area contributed by atoms with Crippen molar-refractivity contribution in [1.29, 1.82) is 0 Å². The molecular formula is C25H28N2O5. The van der Waals surface area contributed by atoms with Gasteiger partial charge in [-0.3, -0.25) is 9.59 Å². The van der Waals surface area contributed by atoms with Gasteiger partial charge in [-0.25, -0.2) is 0 Å². The highest BCUT2D eigenvalue weighted by Crippen LogP contribution is 2.29. The van der Waals surface area contributed by atoms with Crippen molar-refractivity contribution in [3.05, 3.63) is 83.8 Å². The molecule has 3 rings (SSSR count). The minimum Gasteiger partial charge on any atom is -0.493 e. The van der Waals surface area contributed by atoms with Crippen LogP contribution in [0.2, 0.25) is 0 Å². The summed E-state index contributed by atoms with van der Waals surface area (Å²) in [5.41, 5.74) is 1.91. The largest absolute Gasteiger partial charge is 0.493 e. The summed E-state index contributed by atoms with van der Waals surface area (Å²) in [5, 5.41) is 5.61. The second kappa shape index (κ2) is 11.0. The average Bonchev–Trinajstić information content (AvgIpc) is 3.35. The number of hydrogen-bond donors (Lipinski definition) is 2. The molecular weight excluding hydrogens is 408 g/mol. The monoisotopic (exact) mass is 436 g/mol.